The number of imidazole rings is 1. The van der Waals surface area contributed by atoms with Gasteiger partial charge in [-0.25, -0.2) is 10.1 Å². The second kappa shape index (κ2) is 5.19. The molecule has 84 valence electrons. The molecule has 0 fully saturated rings. The van der Waals surface area contributed by atoms with Crippen LogP contribution in [0.25, 0.3) is 0 Å². The lowest BCUT2D eigenvalue weighted by Crippen LogP contribution is -2.12. The molecule has 16 heavy (non-hydrogen) atoms. The normalized spacial score (nSPS) is 9.00. The first-order valence-electron chi connectivity index (χ1n) is 3.93. The Balaban J connectivity index is 0.000000160. The van der Waals surface area contributed by atoms with Crippen molar-refractivity contribution in [2.24, 2.45) is 11.5 Å². The highest BCUT2D eigenvalue weighted by molar-refractivity contribution is 5.90. The molecule has 0 saturated heterocycles. The molecule has 2 aromatic heterocycles. The SMILES string of the molecule is NC(=O)c1c[nH]cn1.NC(=O)c1nnn[nH]1. The van der Waals surface area contributed by atoms with Gasteiger partial charge in [-0.3, -0.25) is 9.59 Å². The van der Waals surface area contributed by atoms with Gasteiger partial charge in [-0.1, -0.05) is 0 Å². The van der Waals surface area contributed by atoms with E-state index in [0.29, 0.717) is 0 Å². The Kier molecular flexibility index (Phi) is 3.66. The number of tetrazole rings is 1. The minimum absolute atomic E-state index is 0.0231. The van der Waals surface area contributed by atoms with Crippen LogP contribution < -0.4 is 11.5 Å². The van der Waals surface area contributed by atoms with E-state index in [1.807, 2.05) is 0 Å². The van der Waals surface area contributed by atoms with E-state index in [2.05, 4.69) is 30.6 Å². The van der Waals surface area contributed by atoms with Crippen LogP contribution in [0.5, 0.6) is 0 Å². The van der Waals surface area contributed by atoms with Crippen molar-refractivity contribution in [1.82, 2.24) is 30.6 Å². The van der Waals surface area contributed by atoms with E-state index >= 15 is 0 Å². The number of carbonyl (C=O) groups excluding carboxylic acids is 2. The van der Waals surface area contributed by atoms with Gasteiger partial charge in [0, 0.05) is 6.20 Å². The minimum Gasteiger partial charge on any atom is -0.364 e. The van der Waals surface area contributed by atoms with E-state index in [4.69, 9.17) is 11.5 Å². The van der Waals surface area contributed by atoms with Crippen molar-refractivity contribution in [3.63, 3.8) is 0 Å². The maximum absolute atomic E-state index is 10.2. The summed E-state index contributed by atoms with van der Waals surface area (Å²) in [6.45, 7) is 0. The number of hydrogen-bond donors (Lipinski definition) is 4. The molecule has 0 aliphatic rings. The van der Waals surface area contributed by atoms with Crippen molar-refractivity contribution in [2.45, 2.75) is 0 Å². The summed E-state index contributed by atoms with van der Waals surface area (Å²) in [4.78, 5) is 26.5. The van der Waals surface area contributed by atoms with Gasteiger partial charge in [0.2, 0.25) is 5.82 Å². The van der Waals surface area contributed by atoms with Gasteiger partial charge in [0.25, 0.3) is 11.8 Å². The van der Waals surface area contributed by atoms with Crippen molar-refractivity contribution in [2.75, 3.05) is 0 Å². The molecule has 0 bridgehead atoms. The number of carbonyl (C=O) groups is 2. The zero-order valence-electron chi connectivity index (χ0n) is 7.91. The Morgan fingerprint density at radius 3 is 2.25 bits per heavy atom. The molecule has 2 heterocycles. The summed E-state index contributed by atoms with van der Waals surface area (Å²) in [7, 11) is 0. The summed E-state index contributed by atoms with van der Waals surface area (Å²) in [5.41, 5.74) is 9.85. The zero-order chi connectivity index (χ0) is 12.0. The number of nitrogens with zero attached hydrogens (tertiary/aromatic N) is 4. The highest BCUT2D eigenvalue weighted by atomic mass is 16.1. The average Bonchev–Trinajstić information content (AvgIpc) is 2.93. The van der Waals surface area contributed by atoms with Crippen LogP contribution in [0, 0.1) is 0 Å². The van der Waals surface area contributed by atoms with Crippen LogP contribution in [0.3, 0.4) is 0 Å². The van der Waals surface area contributed by atoms with Crippen molar-refractivity contribution >= 4 is 11.8 Å². The summed E-state index contributed by atoms with van der Waals surface area (Å²) in [5.74, 6) is -1.19. The number of H-pyrrole nitrogens is 2. The Hall–Kier alpha value is -2.78. The number of aromatic amines is 2. The van der Waals surface area contributed by atoms with Crippen LogP contribution >= 0.6 is 0 Å². The standard InChI is InChI=1S/C4H5N3O.C2H3N5O/c5-4(8)3-1-6-2-7-3;3-1(8)2-4-6-7-5-2/h1-2H,(H2,5,8)(H,6,7);(H2,3,8)(H,4,5,6,7). The monoisotopic (exact) mass is 224 g/mol. The van der Waals surface area contributed by atoms with Crippen molar-refractivity contribution in [3.8, 4) is 0 Å². The highest BCUT2D eigenvalue weighted by Crippen LogP contribution is 1.85. The molecular weight excluding hydrogens is 216 g/mol. The highest BCUT2D eigenvalue weighted by Gasteiger charge is 2.00. The molecule has 0 saturated carbocycles. The molecule has 0 aliphatic carbocycles. The molecule has 0 aromatic carbocycles. The maximum atomic E-state index is 10.2. The Morgan fingerprint density at radius 2 is 2.00 bits per heavy atom. The molecule has 2 rings (SSSR count). The molecule has 0 unspecified atom stereocenters. The minimum atomic E-state index is -0.657. The van der Waals surface area contributed by atoms with Crippen LogP contribution in [0.4, 0.5) is 0 Å². The number of hydrogen-bond acceptors (Lipinski definition) is 6. The van der Waals surface area contributed by atoms with Gasteiger partial charge >= 0.3 is 0 Å². The van der Waals surface area contributed by atoms with E-state index in [1.165, 1.54) is 12.5 Å². The Bertz CT molecular complexity index is 403. The molecule has 6 N–H and O–H groups in total. The number of nitrogens with one attached hydrogen (secondary N) is 2. The molecule has 0 radical (unpaired) electrons. The number of aromatic nitrogens is 6. The predicted molar refractivity (Wildman–Crippen MR) is 49.8 cm³/mol. The average molecular weight is 224 g/mol. The van der Waals surface area contributed by atoms with Crippen molar-refractivity contribution in [1.29, 1.82) is 0 Å². The lowest BCUT2D eigenvalue weighted by Gasteiger charge is -1.78. The molecular formula is C6H8N8O2. The van der Waals surface area contributed by atoms with E-state index in [0.717, 1.165) is 0 Å². The van der Waals surface area contributed by atoms with E-state index in [-0.39, 0.29) is 11.5 Å². The van der Waals surface area contributed by atoms with Gasteiger partial charge in [0.15, 0.2) is 0 Å². The van der Waals surface area contributed by atoms with Crippen molar-refractivity contribution < 1.29 is 9.59 Å². The maximum Gasteiger partial charge on any atom is 0.287 e. The fourth-order valence-corrected chi connectivity index (χ4v) is 0.659. The molecule has 0 aliphatic heterocycles. The van der Waals surface area contributed by atoms with Gasteiger partial charge < -0.3 is 16.5 Å². The van der Waals surface area contributed by atoms with E-state index in [1.54, 1.807) is 0 Å². The number of nitrogens with two attached hydrogens (primary N) is 2. The largest absolute Gasteiger partial charge is 0.364 e. The summed E-state index contributed by atoms with van der Waals surface area (Å²) in [6.07, 6.45) is 2.85. The topological polar surface area (TPSA) is 169 Å². The van der Waals surface area contributed by atoms with Crippen LogP contribution in [0.2, 0.25) is 0 Å². The predicted octanol–water partition coefficient (Wildman–Crippen LogP) is -2.19. The quantitative estimate of drug-likeness (QED) is 0.451. The van der Waals surface area contributed by atoms with Crippen LogP contribution in [0.15, 0.2) is 12.5 Å². The third-order valence-corrected chi connectivity index (χ3v) is 1.33. The summed E-state index contributed by atoms with van der Waals surface area (Å²) in [5, 5.41) is 11.7. The smallest absolute Gasteiger partial charge is 0.287 e. The zero-order valence-corrected chi connectivity index (χ0v) is 7.91. The third kappa shape index (κ3) is 3.17. The molecule has 0 spiro atoms. The lowest BCUT2D eigenvalue weighted by molar-refractivity contribution is 0.0984. The molecule has 2 aromatic rings. The molecule has 2 amide bonds. The molecule has 10 heteroatoms. The first-order chi connectivity index (χ1) is 7.61. The first-order valence-corrected chi connectivity index (χ1v) is 3.93. The lowest BCUT2D eigenvalue weighted by atomic mass is 10.5. The van der Waals surface area contributed by atoms with E-state index < -0.39 is 11.8 Å². The van der Waals surface area contributed by atoms with Gasteiger partial charge in [-0.15, -0.1) is 5.10 Å². The van der Waals surface area contributed by atoms with Gasteiger partial charge in [0.05, 0.1) is 6.33 Å². The number of rotatable bonds is 2. The summed E-state index contributed by atoms with van der Waals surface area (Å²) < 4.78 is 0. The molecule has 10 nitrogen and oxygen atoms in total. The van der Waals surface area contributed by atoms with E-state index in [9.17, 15) is 9.59 Å². The van der Waals surface area contributed by atoms with Crippen LogP contribution in [0.1, 0.15) is 21.1 Å². The second-order valence-electron chi connectivity index (χ2n) is 2.43. The van der Waals surface area contributed by atoms with Gasteiger partial charge in [-0.05, 0) is 10.4 Å². The second-order valence-corrected chi connectivity index (χ2v) is 2.43. The molecule has 0 atom stereocenters. The fourth-order valence-electron chi connectivity index (χ4n) is 0.659. The number of primary amides is 2. The first kappa shape index (κ1) is 11.3. The Labute approximate surface area is 88.4 Å². The van der Waals surface area contributed by atoms with Gasteiger partial charge in [0.1, 0.15) is 5.69 Å². The summed E-state index contributed by atoms with van der Waals surface area (Å²) in [6, 6.07) is 0. The van der Waals surface area contributed by atoms with Crippen LogP contribution in [-0.4, -0.2) is 42.4 Å². The number of amides is 2. The van der Waals surface area contributed by atoms with Crippen molar-refractivity contribution in [3.05, 3.63) is 24.0 Å². The Morgan fingerprint density at radius 1 is 1.25 bits per heavy atom. The summed E-state index contributed by atoms with van der Waals surface area (Å²) >= 11 is 0. The third-order valence-electron chi connectivity index (χ3n) is 1.33. The van der Waals surface area contributed by atoms with Gasteiger partial charge in [-0.2, -0.15) is 0 Å². The fraction of sp³-hybridized carbons (Fsp3) is 0. The van der Waals surface area contributed by atoms with Crippen LogP contribution in [-0.2, 0) is 0 Å².